The zero-order valence-electron chi connectivity index (χ0n) is 12.1. The van der Waals surface area contributed by atoms with Crippen molar-refractivity contribution in [3.8, 4) is 5.75 Å². The summed E-state index contributed by atoms with van der Waals surface area (Å²) in [6, 6.07) is 6.26. The number of anilines is 1. The van der Waals surface area contributed by atoms with Gasteiger partial charge in [-0.05, 0) is 49.3 Å². The fourth-order valence-electron chi connectivity index (χ4n) is 2.82. The van der Waals surface area contributed by atoms with E-state index < -0.39 is 0 Å². The van der Waals surface area contributed by atoms with E-state index in [1.165, 1.54) is 32.1 Å². The third kappa shape index (κ3) is 4.04. The maximum Gasteiger partial charge on any atom is 0.142 e. The van der Waals surface area contributed by atoms with E-state index in [1.54, 1.807) is 7.11 Å². The fourth-order valence-corrected chi connectivity index (χ4v) is 2.99. The minimum Gasteiger partial charge on any atom is -0.495 e. The predicted octanol–water partition coefficient (Wildman–Crippen LogP) is 5.12. The van der Waals surface area contributed by atoms with E-state index in [4.69, 9.17) is 16.3 Å². The Balaban J connectivity index is 2.06. The second kappa shape index (κ2) is 6.04. The molecule has 1 atom stereocenters. The van der Waals surface area contributed by atoms with Gasteiger partial charge in [-0.3, -0.25) is 0 Å². The highest BCUT2D eigenvalue weighted by Crippen LogP contribution is 2.36. The van der Waals surface area contributed by atoms with E-state index in [9.17, 15) is 0 Å². The molecule has 1 aliphatic rings. The second-order valence-electron chi connectivity index (χ2n) is 6.28. The Morgan fingerprint density at radius 1 is 1.26 bits per heavy atom. The lowest BCUT2D eigenvalue weighted by molar-refractivity contribution is 0.313. The number of hydrogen-bond donors (Lipinski definition) is 1. The first-order valence-electron chi connectivity index (χ1n) is 7.10. The van der Waals surface area contributed by atoms with Gasteiger partial charge in [0.15, 0.2) is 0 Å². The Morgan fingerprint density at radius 3 is 2.79 bits per heavy atom. The van der Waals surface area contributed by atoms with Crippen LogP contribution in [0.1, 0.15) is 46.0 Å². The smallest absolute Gasteiger partial charge is 0.142 e. The van der Waals surface area contributed by atoms with E-state index in [0.717, 1.165) is 16.5 Å². The van der Waals surface area contributed by atoms with Gasteiger partial charge in [-0.15, -0.1) is 0 Å². The summed E-state index contributed by atoms with van der Waals surface area (Å²) in [7, 11) is 1.70. The van der Waals surface area contributed by atoms with Crippen LogP contribution in [0.5, 0.6) is 5.75 Å². The largest absolute Gasteiger partial charge is 0.495 e. The Hall–Kier alpha value is -0.890. The highest BCUT2D eigenvalue weighted by molar-refractivity contribution is 6.30. The van der Waals surface area contributed by atoms with Crippen molar-refractivity contribution in [2.45, 2.75) is 52.0 Å². The highest BCUT2D eigenvalue weighted by Gasteiger charge is 2.24. The van der Waals surface area contributed by atoms with Gasteiger partial charge < -0.3 is 10.1 Å². The number of halogens is 1. The van der Waals surface area contributed by atoms with Crippen molar-refractivity contribution in [2.75, 3.05) is 12.4 Å². The van der Waals surface area contributed by atoms with Gasteiger partial charge in [-0.1, -0.05) is 31.9 Å². The lowest BCUT2D eigenvalue weighted by Crippen LogP contribution is -2.19. The quantitative estimate of drug-likeness (QED) is 0.777. The Kier molecular flexibility index (Phi) is 4.62. The number of benzene rings is 1. The van der Waals surface area contributed by atoms with Crippen molar-refractivity contribution in [1.29, 1.82) is 0 Å². The van der Waals surface area contributed by atoms with Crippen LogP contribution in [0.3, 0.4) is 0 Å². The second-order valence-corrected chi connectivity index (χ2v) is 6.72. The maximum atomic E-state index is 6.07. The average molecular weight is 282 g/mol. The van der Waals surface area contributed by atoms with Crippen LogP contribution >= 0.6 is 11.6 Å². The molecule has 0 aliphatic heterocycles. The van der Waals surface area contributed by atoms with Gasteiger partial charge >= 0.3 is 0 Å². The molecule has 0 amide bonds. The van der Waals surface area contributed by atoms with Gasteiger partial charge in [-0.25, -0.2) is 0 Å². The van der Waals surface area contributed by atoms with Crippen LogP contribution in [0.4, 0.5) is 5.69 Å². The van der Waals surface area contributed by atoms with Gasteiger partial charge in [0.05, 0.1) is 12.8 Å². The standard InChI is InChI=1S/C16H24ClNO/c1-16(2)9-4-5-13(8-10-16)18-14-11-12(17)6-7-15(14)19-3/h6-7,11,13,18H,4-5,8-10H2,1-3H3. The van der Waals surface area contributed by atoms with E-state index in [0.29, 0.717) is 11.5 Å². The molecule has 106 valence electrons. The minimum absolute atomic E-state index is 0.481. The molecule has 0 heterocycles. The van der Waals surface area contributed by atoms with Crippen LogP contribution < -0.4 is 10.1 Å². The van der Waals surface area contributed by atoms with Crippen molar-refractivity contribution in [1.82, 2.24) is 0 Å². The first-order chi connectivity index (χ1) is 9.00. The molecule has 3 heteroatoms. The zero-order chi connectivity index (χ0) is 13.9. The lowest BCUT2D eigenvalue weighted by atomic mass is 9.85. The van der Waals surface area contributed by atoms with Crippen LogP contribution in [0, 0.1) is 5.41 Å². The highest BCUT2D eigenvalue weighted by atomic mass is 35.5. The third-order valence-corrected chi connectivity index (χ3v) is 4.33. The molecule has 1 aromatic rings. The minimum atomic E-state index is 0.481. The summed E-state index contributed by atoms with van der Waals surface area (Å²) in [4.78, 5) is 0. The van der Waals surface area contributed by atoms with Gasteiger partial charge in [0.25, 0.3) is 0 Å². The molecule has 0 aromatic heterocycles. The molecule has 1 aromatic carbocycles. The normalized spacial score (nSPS) is 22.6. The topological polar surface area (TPSA) is 21.3 Å². The molecule has 1 unspecified atom stereocenters. The van der Waals surface area contributed by atoms with Crippen molar-refractivity contribution in [3.05, 3.63) is 23.2 Å². The summed E-state index contributed by atoms with van der Waals surface area (Å²) in [6.07, 6.45) is 6.31. The Labute approximate surface area is 121 Å². The van der Waals surface area contributed by atoms with Gasteiger partial charge in [0.2, 0.25) is 0 Å². The van der Waals surface area contributed by atoms with Crippen molar-refractivity contribution in [2.24, 2.45) is 5.41 Å². The summed E-state index contributed by atoms with van der Waals surface area (Å²) in [5.41, 5.74) is 1.49. The molecule has 1 aliphatic carbocycles. The fraction of sp³-hybridized carbons (Fsp3) is 0.625. The summed E-state index contributed by atoms with van der Waals surface area (Å²) in [5, 5.41) is 4.36. The van der Waals surface area contributed by atoms with E-state index >= 15 is 0 Å². The molecule has 1 saturated carbocycles. The number of nitrogens with one attached hydrogen (secondary N) is 1. The lowest BCUT2D eigenvalue weighted by Gasteiger charge is -2.23. The summed E-state index contributed by atoms with van der Waals surface area (Å²) < 4.78 is 5.39. The first-order valence-corrected chi connectivity index (χ1v) is 7.48. The first kappa shape index (κ1) is 14.5. The van der Waals surface area contributed by atoms with Crippen LogP contribution in [0.2, 0.25) is 5.02 Å². The average Bonchev–Trinajstić information content (AvgIpc) is 2.51. The van der Waals surface area contributed by atoms with Gasteiger partial charge in [0, 0.05) is 11.1 Å². The summed E-state index contributed by atoms with van der Waals surface area (Å²) >= 11 is 6.07. The zero-order valence-corrected chi connectivity index (χ0v) is 12.9. The van der Waals surface area contributed by atoms with E-state index in [2.05, 4.69) is 19.2 Å². The number of rotatable bonds is 3. The molecule has 1 fully saturated rings. The van der Waals surface area contributed by atoms with E-state index in [1.807, 2.05) is 18.2 Å². The van der Waals surface area contributed by atoms with Crippen molar-refractivity contribution < 1.29 is 4.74 Å². The van der Waals surface area contributed by atoms with Crippen molar-refractivity contribution in [3.63, 3.8) is 0 Å². The maximum absolute atomic E-state index is 6.07. The van der Waals surface area contributed by atoms with Gasteiger partial charge in [0.1, 0.15) is 5.75 Å². The number of ether oxygens (including phenoxy) is 1. The SMILES string of the molecule is COc1ccc(Cl)cc1NC1CCCC(C)(C)CC1. The van der Waals surface area contributed by atoms with Crippen LogP contribution in [-0.2, 0) is 0 Å². The van der Waals surface area contributed by atoms with Crippen LogP contribution in [-0.4, -0.2) is 13.2 Å². The summed E-state index contributed by atoms with van der Waals surface area (Å²) in [5.74, 6) is 0.868. The monoisotopic (exact) mass is 281 g/mol. The molecule has 0 radical (unpaired) electrons. The van der Waals surface area contributed by atoms with Crippen LogP contribution in [0.25, 0.3) is 0 Å². The molecule has 1 N–H and O–H groups in total. The Bertz CT molecular complexity index is 431. The third-order valence-electron chi connectivity index (χ3n) is 4.10. The van der Waals surface area contributed by atoms with Crippen LogP contribution in [0.15, 0.2) is 18.2 Å². The molecule has 0 spiro atoms. The molecule has 0 saturated heterocycles. The molecular weight excluding hydrogens is 258 g/mol. The number of hydrogen-bond acceptors (Lipinski definition) is 2. The van der Waals surface area contributed by atoms with E-state index in [-0.39, 0.29) is 0 Å². The molecular formula is C16H24ClNO. The Morgan fingerprint density at radius 2 is 2.05 bits per heavy atom. The molecule has 19 heavy (non-hydrogen) atoms. The predicted molar refractivity (Wildman–Crippen MR) is 82.3 cm³/mol. The molecule has 0 bridgehead atoms. The molecule has 2 rings (SSSR count). The van der Waals surface area contributed by atoms with Gasteiger partial charge in [-0.2, -0.15) is 0 Å². The summed E-state index contributed by atoms with van der Waals surface area (Å²) in [6.45, 7) is 4.74. The molecule has 2 nitrogen and oxygen atoms in total. The van der Waals surface area contributed by atoms with Crippen molar-refractivity contribution >= 4 is 17.3 Å². The number of methoxy groups -OCH3 is 1.